The van der Waals surface area contributed by atoms with Gasteiger partial charge in [-0.1, -0.05) is 13.8 Å². The number of hydrogen-bond donors (Lipinski definition) is 1. The first kappa shape index (κ1) is 13.9. The second-order valence-electron chi connectivity index (χ2n) is 5.61. The first-order valence-electron chi connectivity index (χ1n) is 6.58. The van der Waals surface area contributed by atoms with E-state index in [9.17, 15) is 0 Å². The molecule has 0 aromatic heterocycles. The molecule has 1 fully saturated rings. The third-order valence-electron chi connectivity index (χ3n) is 3.27. The molecule has 2 atom stereocenters. The summed E-state index contributed by atoms with van der Waals surface area (Å²) in [5, 5.41) is 0. The molecule has 0 saturated carbocycles. The van der Waals surface area contributed by atoms with E-state index in [1.807, 2.05) is 0 Å². The number of rotatable bonds is 6. The average molecular weight is 228 g/mol. The fourth-order valence-corrected chi connectivity index (χ4v) is 2.70. The molecule has 0 aliphatic carbocycles. The van der Waals surface area contributed by atoms with E-state index in [1.54, 1.807) is 7.11 Å². The third-order valence-corrected chi connectivity index (χ3v) is 3.27. The first-order chi connectivity index (χ1) is 7.61. The molecule has 96 valence electrons. The zero-order valence-electron chi connectivity index (χ0n) is 11.1. The maximum absolute atomic E-state index is 6.15. The summed E-state index contributed by atoms with van der Waals surface area (Å²) in [6.07, 6.45) is 3.73. The van der Waals surface area contributed by atoms with Gasteiger partial charge in [-0.25, -0.2) is 0 Å². The van der Waals surface area contributed by atoms with Gasteiger partial charge >= 0.3 is 0 Å². The Labute approximate surface area is 100 Å². The van der Waals surface area contributed by atoms with Crippen molar-refractivity contribution in [3.8, 4) is 0 Å². The number of likely N-dealkylation sites (tertiary alicyclic amines) is 1. The fraction of sp³-hybridized carbons (Fsp3) is 1.00. The Hall–Kier alpha value is -0.120. The van der Waals surface area contributed by atoms with Gasteiger partial charge in [0.2, 0.25) is 0 Å². The molecule has 0 aromatic carbocycles. The van der Waals surface area contributed by atoms with Crippen LogP contribution in [0.1, 0.15) is 33.1 Å². The Balaban J connectivity index is 2.25. The quantitative estimate of drug-likeness (QED) is 0.752. The molecule has 0 spiro atoms. The van der Waals surface area contributed by atoms with E-state index >= 15 is 0 Å². The van der Waals surface area contributed by atoms with E-state index in [0.29, 0.717) is 17.9 Å². The maximum Gasteiger partial charge on any atom is 0.0502 e. The van der Waals surface area contributed by atoms with Gasteiger partial charge in [-0.3, -0.25) is 0 Å². The molecule has 16 heavy (non-hydrogen) atoms. The molecule has 0 aromatic rings. The predicted molar refractivity (Wildman–Crippen MR) is 68.5 cm³/mol. The monoisotopic (exact) mass is 228 g/mol. The summed E-state index contributed by atoms with van der Waals surface area (Å²) < 4.78 is 5.24. The molecule has 1 saturated heterocycles. The highest BCUT2D eigenvalue weighted by Gasteiger charge is 2.21. The highest BCUT2D eigenvalue weighted by Crippen LogP contribution is 2.17. The summed E-state index contributed by atoms with van der Waals surface area (Å²) in [5.74, 6) is 1.42. The molecular formula is C13H28N2O. The summed E-state index contributed by atoms with van der Waals surface area (Å²) in [7, 11) is 1.80. The molecule has 3 heteroatoms. The van der Waals surface area contributed by atoms with Gasteiger partial charge in [0.1, 0.15) is 0 Å². The molecule has 1 aliphatic rings. The summed E-state index contributed by atoms with van der Waals surface area (Å²) in [4.78, 5) is 2.51. The number of hydrogen-bond acceptors (Lipinski definition) is 3. The Kier molecular flexibility index (Phi) is 6.32. The van der Waals surface area contributed by atoms with Crippen molar-refractivity contribution < 1.29 is 4.74 Å². The van der Waals surface area contributed by atoms with Crippen molar-refractivity contribution in [2.24, 2.45) is 17.6 Å². The van der Waals surface area contributed by atoms with Crippen molar-refractivity contribution in [3.05, 3.63) is 0 Å². The van der Waals surface area contributed by atoms with Gasteiger partial charge in [0.05, 0.1) is 6.61 Å². The molecule has 1 aliphatic heterocycles. The second kappa shape index (κ2) is 7.25. The van der Waals surface area contributed by atoms with Gasteiger partial charge in [0.25, 0.3) is 0 Å². The van der Waals surface area contributed by atoms with E-state index in [1.165, 1.54) is 25.9 Å². The summed E-state index contributed by atoms with van der Waals surface area (Å²) in [6, 6.07) is 0.335. The minimum atomic E-state index is 0.335. The molecule has 0 radical (unpaired) electrons. The van der Waals surface area contributed by atoms with Gasteiger partial charge in [-0.15, -0.1) is 0 Å². The first-order valence-corrected chi connectivity index (χ1v) is 6.58. The number of piperidine rings is 1. The Morgan fingerprint density at radius 1 is 1.44 bits per heavy atom. The second-order valence-corrected chi connectivity index (χ2v) is 5.61. The number of methoxy groups -OCH3 is 1. The van der Waals surface area contributed by atoms with Crippen molar-refractivity contribution in [1.29, 1.82) is 0 Å². The van der Waals surface area contributed by atoms with Crippen LogP contribution in [0, 0.1) is 11.8 Å². The molecule has 2 unspecified atom stereocenters. The van der Waals surface area contributed by atoms with Crippen LogP contribution in [0.4, 0.5) is 0 Å². The van der Waals surface area contributed by atoms with Crippen molar-refractivity contribution in [2.75, 3.05) is 33.4 Å². The summed E-state index contributed by atoms with van der Waals surface area (Å²) in [6.45, 7) is 8.81. The van der Waals surface area contributed by atoms with Gasteiger partial charge in [-0.2, -0.15) is 0 Å². The molecule has 0 bridgehead atoms. The zero-order chi connectivity index (χ0) is 12.0. The van der Waals surface area contributed by atoms with E-state index in [-0.39, 0.29) is 0 Å². The molecule has 1 heterocycles. The highest BCUT2D eigenvalue weighted by atomic mass is 16.5. The normalized spacial score (nSPS) is 24.9. The van der Waals surface area contributed by atoms with E-state index in [2.05, 4.69) is 18.7 Å². The molecule has 1 rings (SSSR count). The van der Waals surface area contributed by atoms with Crippen LogP contribution in [0.5, 0.6) is 0 Å². The lowest BCUT2D eigenvalue weighted by Crippen LogP contribution is -2.44. The van der Waals surface area contributed by atoms with Crippen molar-refractivity contribution in [1.82, 2.24) is 4.90 Å². The van der Waals surface area contributed by atoms with E-state index < -0.39 is 0 Å². The smallest absolute Gasteiger partial charge is 0.0502 e. The molecular weight excluding hydrogens is 200 g/mol. The van der Waals surface area contributed by atoms with Gasteiger partial charge in [0.15, 0.2) is 0 Å². The number of ether oxygens (including phenoxy) is 1. The van der Waals surface area contributed by atoms with Gasteiger partial charge < -0.3 is 15.4 Å². The number of nitrogens with zero attached hydrogens (tertiary/aromatic N) is 1. The van der Waals surface area contributed by atoms with Gasteiger partial charge in [-0.05, 0) is 37.6 Å². The van der Waals surface area contributed by atoms with Crippen LogP contribution in [0.25, 0.3) is 0 Å². The lowest BCUT2D eigenvalue weighted by Gasteiger charge is -2.34. The van der Waals surface area contributed by atoms with Gasteiger partial charge in [0, 0.05) is 26.2 Å². The predicted octanol–water partition coefficient (Wildman–Crippen LogP) is 1.72. The van der Waals surface area contributed by atoms with Crippen LogP contribution in [-0.4, -0.2) is 44.3 Å². The summed E-state index contributed by atoms with van der Waals surface area (Å²) in [5.41, 5.74) is 6.15. The van der Waals surface area contributed by atoms with Crippen LogP contribution in [0.3, 0.4) is 0 Å². The van der Waals surface area contributed by atoms with Crippen LogP contribution >= 0.6 is 0 Å². The van der Waals surface area contributed by atoms with Crippen molar-refractivity contribution >= 4 is 0 Å². The average Bonchev–Trinajstić information content (AvgIpc) is 2.17. The van der Waals surface area contributed by atoms with E-state index in [4.69, 9.17) is 10.5 Å². The van der Waals surface area contributed by atoms with Crippen LogP contribution in [-0.2, 0) is 4.74 Å². The molecule has 3 nitrogen and oxygen atoms in total. The standard InChI is InChI=1S/C13H28N2O/c1-11(2)7-13(14)9-15-6-4-5-12(8-15)10-16-3/h11-13H,4-10,14H2,1-3H3. The largest absolute Gasteiger partial charge is 0.384 e. The Morgan fingerprint density at radius 3 is 2.81 bits per heavy atom. The lowest BCUT2D eigenvalue weighted by molar-refractivity contribution is 0.0867. The zero-order valence-corrected chi connectivity index (χ0v) is 11.1. The fourth-order valence-electron chi connectivity index (χ4n) is 2.70. The van der Waals surface area contributed by atoms with E-state index in [0.717, 1.165) is 19.6 Å². The third kappa shape index (κ3) is 5.28. The minimum Gasteiger partial charge on any atom is -0.384 e. The maximum atomic E-state index is 6.15. The molecule has 0 amide bonds. The van der Waals surface area contributed by atoms with Crippen molar-refractivity contribution in [2.45, 2.75) is 39.2 Å². The number of nitrogens with two attached hydrogens (primary N) is 1. The SMILES string of the molecule is COCC1CCCN(CC(N)CC(C)C)C1. The van der Waals surface area contributed by atoms with Crippen LogP contribution in [0.15, 0.2) is 0 Å². The van der Waals surface area contributed by atoms with Crippen molar-refractivity contribution in [3.63, 3.8) is 0 Å². The Bertz CT molecular complexity index is 183. The minimum absolute atomic E-state index is 0.335. The lowest BCUT2D eigenvalue weighted by atomic mass is 9.97. The van der Waals surface area contributed by atoms with Crippen LogP contribution in [0.2, 0.25) is 0 Å². The topological polar surface area (TPSA) is 38.5 Å². The highest BCUT2D eigenvalue weighted by molar-refractivity contribution is 4.76. The Morgan fingerprint density at radius 2 is 2.19 bits per heavy atom. The van der Waals surface area contributed by atoms with Crippen LogP contribution < -0.4 is 5.73 Å². The molecule has 2 N–H and O–H groups in total. The summed E-state index contributed by atoms with van der Waals surface area (Å²) >= 11 is 0.